The number of rotatable bonds is 9. The molecule has 0 aliphatic carbocycles. The van der Waals surface area contributed by atoms with Crippen LogP contribution in [0.3, 0.4) is 0 Å². The molecule has 0 radical (unpaired) electrons. The van der Waals surface area contributed by atoms with Gasteiger partial charge in [-0.2, -0.15) is 0 Å². The Bertz CT molecular complexity index is 2770. The topological polar surface area (TPSA) is 217 Å². The zero-order valence-corrected chi connectivity index (χ0v) is 49.3. The van der Waals surface area contributed by atoms with Crippen LogP contribution < -0.4 is 16.8 Å². The average Bonchev–Trinajstić information content (AvgIpc) is 4.06. The number of carbonyl (C=O) groups excluding carboxylic acids is 3. The van der Waals surface area contributed by atoms with Gasteiger partial charge in [0.2, 0.25) is 11.7 Å². The maximum atomic E-state index is 11.5. The van der Waals surface area contributed by atoms with Crippen LogP contribution in [0.2, 0.25) is 0 Å². The smallest absolute Gasteiger partial charge is 0.302 e. The molecule has 2 aromatic carbocycles. The number of esters is 1. The highest BCUT2D eigenvalue weighted by molar-refractivity contribution is 7.15. The van der Waals surface area contributed by atoms with E-state index in [4.69, 9.17) is 11.5 Å². The first-order valence-corrected chi connectivity index (χ1v) is 26.7. The standard InChI is InChI=1S/C17H18N4S.C10H14N2OS.C9H13N3.C7H9NOS.C5H7NS.C4H8O2.C2H6/c1-10-7-11(2)9-14(8-10)20-17-18-6-5-15(21-17)16-19-12(3)13(4)22-16;1-7-8(2)14-10(11-7)9(13)5-6-12(3)4;1-6-3-7(2)5-8(4-6)12-9(10)11;1-4-6(3)10-7(8-4)5(2)9;1-4-5(2)7-3-6-4;1-3-6-4(2)5;1-2/h5-9H,1-4H3,(H,18,20,21);5-6H,1-4H3;3-5H,1-2H3,(H4,10,11,12);1-3H3;3H,1-2H3;3H2,1-2H3;1-2H3. The van der Waals surface area contributed by atoms with Gasteiger partial charge in [0.25, 0.3) is 0 Å². The summed E-state index contributed by atoms with van der Waals surface area (Å²) in [7, 11) is 3.75. The molecule has 7 aromatic rings. The second-order valence-corrected chi connectivity index (χ2v) is 20.9. The van der Waals surface area contributed by atoms with Gasteiger partial charge in [-0.05, 0) is 143 Å². The SMILES string of the molecule is CC.CC(=O)c1nc(C)c(C)s1.CCOC(C)=O.Cc1cc(C)cc(N=C(N)N)c1.Cc1cc(C)cc(Nc2nccc(-c3nc(C)c(C)s3)n2)c1.Cc1nc(C(=O)C=CN(C)C)sc1C.Cc1ncsc1C. The van der Waals surface area contributed by atoms with E-state index in [-0.39, 0.29) is 23.5 Å². The van der Waals surface area contributed by atoms with Gasteiger partial charge in [-0.1, -0.05) is 26.0 Å². The number of aromatic nitrogens is 6. The molecule has 0 unspecified atom stereocenters. The van der Waals surface area contributed by atoms with E-state index in [0.29, 0.717) is 22.6 Å². The summed E-state index contributed by atoms with van der Waals surface area (Å²) in [5, 5.41) is 5.39. The summed E-state index contributed by atoms with van der Waals surface area (Å²) < 4.78 is 4.40. The van der Waals surface area contributed by atoms with Gasteiger partial charge in [0.1, 0.15) is 10.7 Å². The Kier molecular flexibility index (Phi) is 29.4. The number of thiazole rings is 4. The van der Waals surface area contributed by atoms with Crippen molar-refractivity contribution < 1.29 is 19.1 Å². The number of hydrogen-bond donors (Lipinski definition) is 3. The summed E-state index contributed by atoms with van der Waals surface area (Å²) in [6.45, 7) is 33.3. The van der Waals surface area contributed by atoms with Crippen LogP contribution in [0.4, 0.5) is 17.3 Å². The zero-order valence-electron chi connectivity index (χ0n) is 46.1. The van der Waals surface area contributed by atoms with E-state index < -0.39 is 0 Å². The van der Waals surface area contributed by atoms with E-state index >= 15 is 0 Å². The average molecular weight is 1070 g/mol. The molecule has 0 saturated carbocycles. The fraction of sp³-hybridized carbons (Fsp3) is 0.370. The number of hydrogen-bond acceptors (Lipinski definition) is 17. The van der Waals surface area contributed by atoms with Crippen LogP contribution in [0.15, 0.2) is 71.4 Å². The third-order valence-electron chi connectivity index (χ3n) is 9.27. The summed E-state index contributed by atoms with van der Waals surface area (Å²) in [6.07, 6.45) is 5.03. The predicted molar refractivity (Wildman–Crippen MR) is 309 cm³/mol. The van der Waals surface area contributed by atoms with Crippen LogP contribution in [0.5, 0.6) is 0 Å². The number of anilines is 2. The fourth-order valence-corrected chi connectivity index (χ4v) is 8.63. The number of guanidine groups is 1. The number of allylic oxidation sites excluding steroid dienone is 1. The summed E-state index contributed by atoms with van der Waals surface area (Å²) in [6, 6.07) is 14.2. The molecular weight excluding hydrogens is 995 g/mol. The van der Waals surface area contributed by atoms with Crippen LogP contribution in [-0.2, 0) is 9.53 Å². The quantitative estimate of drug-likeness (QED) is 0.0403. The predicted octanol–water partition coefficient (Wildman–Crippen LogP) is 13.1. The first-order valence-electron chi connectivity index (χ1n) is 23.4. The molecule has 0 aliphatic rings. The molecule has 7 rings (SSSR count). The molecule has 19 heteroatoms. The van der Waals surface area contributed by atoms with Gasteiger partial charge in [0.05, 0.1) is 40.6 Å². The molecule has 5 aromatic heterocycles. The molecular formula is C54H75N11O4S4. The van der Waals surface area contributed by atoms with Gasteiger partial charge in [0.15, 0.2) is 21.8 Å². The van der Waals surface area contributed by atoms with E-state index in [1.807, 2.05) is 112 Å². The van der Waals surface area contributed by atoms with Crippen molar-refractivity contribution in [1.82, 2.24) is 34.8 Å². The number of ketones is 2. The number of ether oxygens (including phenoxy) is 1. The first kappa shape index (κ1) is 64.5. The normalized spacial score (nSPS) is 9.85. The van der Waals surface area contributed by atoms with Crippen molar-refractivity contribution in [2.75, 3.05) is 26.0 Å². The van der Waals surface area contributed by atoms with Gasteiger partial charge in [-0.15, -0.1) is 45.3 Å². The van der Waals surface area contributed by atoms with Crippen molar-refractivity contribution >= 4 is 86.2 Å². The minimum absolute atomic E-state index is 0.0279. The van der Waals surface area contributed by atoms with Crippen LogP contribution >= 0.6 is 45.3 Å². The van der Waals surface area contributed by atoms with Gasteiger partial charge in [0, 0.05) is 71.6 Å². The molecule has 0 aliphatic heterocycles. The van der Waals surface area contributed by atoms with Crippen LogP contribution in [0.1, 0.15) is 119 Å². The van der Waals surface area contributed by atoms with E-state index in [9.17, 15) is 14.4 Å². The number of benzene rings is 2. The molecule has 0 fully saturated rings. The number of aryl methyl sites for hydroxylation is 12. The highest BCUT2D eigenvalue weighted by Crippen LogP contribution is 2.27. The summed E-state index contributed by atoms with van der Waals surface area (Å²) >= 11 is 6.26. The lowest BCUT2D eigenvalue weighted by Crippen LogP contribution is -2.21. The molecule has 0 bridgehead atoms. The highest BCUT2D eigenvalue weighted by atomic mass is 32.1. The van der Waals surface area contributed by atoms with Crippen molar-refractivity contribution in [3.05, 3.63) is 141 Å². The van der Waals surface area contributed by atoms with E-state index in [0.717, 1.165) is 65.7 Å². The van der Waals surface area contributed by atoms with Crippen molar-refractivity contribution in [3.8, 4) is 10.7 Å². The number of Topliss-reactive ketones (excluding diaryl/α,β-unsaturated/α-hetero) is 1. The second kappa shape index (κ2) is 33.2. The Balaban J connectivity index is 0.000000459. The van der Waals surface area contributed by atoms with Gasteiger partial charge in [-0.3, -0.25) is 14.4 Å². The Labute approximate surface area is 449 Å². The number of aliphatic imine (C=N–C) groups is 1. The molecule has 5 N–H and O–H groups in total. The molecule has 0 spiro atoms. The summed E-state index contributed by atoms with van der Waals surface area (Å²) in [5.41, 5.74) is 23.9. The molecule has 394 valence electrons. The Morgan fingerprint density at radius 2 is 1.18 bits per heavy atom. The van der Waals surface area contributed by atoms with Gasteiger partial charge in [-0.25, -0.2) is 34.9 Å². The zero-order chi connectivity index (χ0) is 55.5. The molecule has 5 heterocycles. The van der Waals surface area contributed by atoms with Crippen LogP contribution in [-0.4, -0.2) is 79.0 Å². The number of nitrogens with zero attached hydrogens (tertiary/aromatic N) is 8. The Morgan fingerprint density at radius 1 is 0.671 bits per heavy atom. The van der Waals surface area contributed by atoms with Crippen molar-refractivity contribution in [2.24, 2.45) is 16.5 Å². The van der Waals surface area contributed by atoms with Crippen LogP contribution in [0, 0.1) is 83.1 Å². The first-order chi connectivity index (χ1) is 34.3. The van der Waals surface area contributed by atoms with Crippen LogP contribution in [0.25, 0.3) is 10.7 Å². The lowest BCUT2D eigenvalue weighted by molar-refractivity contribution is -0.140. The highest BCUT2D eigenvalue weighted by Gasteiger charge is 2.11. The maximum absolute atomic E-state index is 11.5. The minimum Gasteiger partial charge on any atom is -0.466 e. The lowest BCUT2D eigenvalue weighted by Gasteiger charge is -2.07. The van der Waals surface area contributed by atoms with Gasteiger partial charge >= 0.3 is 5.97 Å². The third kappa shape index (κ3) is 25.6. The van der Waals surface area contributed by atoms with Gasteiger partial charge < -0.3 is 26.4 Å². The van der Waals surface area contributed by atoms with E-state index in [1.54, 1.807) is 42.0 Å². The number of nitrogens with two attached hydrogens (primary N) is 2. The summed E-state index contributed by atoms with van der Waals surface area (Å²) in [4.78, 5) is 68.4. The van der Waals surface area contributed by atoms with Crippen molar-refractivity contribution in [3.63, 3.8) is 0 Å². The van der Waals surface area contributed by atoms with Crippen molar-refractivity contribution in [1.29, 1.82) is 0 Å². The summed E-state index contributed by atoms with van der Waals surface area (Å²) in [5.74, 6) is 0.506. The maximum Gasteiger partial charge on any atom is 0.302 e. The molecule has 73 heavy (non-hydrogen) atoms. The minimum atomic E-state index is -0.211. The van der Waals surface area contributed by atoms with Crippen molar-refractivity contribution in [2.45, 2.75) is 118 Å². The number of carbonyl (C=O) groups is 3. The largest absolute Gasteiger partial charge is 0.466 e. The second-order valence-electron chi connectivity index (χ2n) is 16.2. The number of nitrogens with one attached hydrogen (secondary N) is 1. The monoisotopic (exact) mass is 1070 g/mol. The fourth-order valence-electron chi connectivity index (χ4n) is 5.51. The molecule has 0 saturated heterocycles. The third-order valence-corrected chi connectivity index (χ3v) is 13.5. The Hall–Kier alpha value is -6.54. The van der Waals surface area contributed by atoms with E-state index in [2.05, 4.69) is 96.9 Å². The molecule has 15 nitrogen and oxygen atoms in total. The lowest BCUT2D eigenvalue weighted by atomic mass is 10.1. The molecule has 0 amide bonds. The molecule has 0 atom stereocenters. The Morgan fingerprint density at radius 3 is 1.53 bits per heavy atom. The van der Waals surface area contributed by atoms with E-state index in [1.165, 1.54) is 63.5 Å².